The molecule has 1 N–H and O–H groups in total. The summed E-state index contributed by atoms with van der Waals surface area (Å²) in [6.45, 7) is 1.84. The maximum atomic E-state index is 12.3. The van der Waals surface area contributed by atoms with Gasteiger partial charge in [0.15, 0.2) is 0 Å². The van der Waals surface area contributed by atoms with Crippen LogP contribution >= 0.6 is 0 Å². The lowest BCUT2D eigenvalue weighted by Gasteiger charge is -2.00. The Morgan fingerprint density at radius 2 is 1.86 bits per heavy atom. The van der Waals surface area contributed by atoms with Crippen molar-refractivity contribution in [1.29, 1.82) is 0 Å². The van der Waals surface area contributed by atoms with Gasteiger partial charge in [-0.15, -0.1) is 0 Å². The third-order valence-electron chi connectivity index (χ3n) is 2.08. The molecule has 0 saturated heterocycles. The number of benzene rings is 1. The molecule has 0 fully saturated rings. The minimum atomic E-state index is -4.30. The summed E-state index contributed by atoms with van der Waals surface area (Å²) in [6.07, 6.45) is -4.30. The fraction of sp³-hybridized carbons (Fsp3) is 0.200. The summed E-state index contributed by atoms with van der Waals surface area (Å²) in [5, 5.41) is 0.586. The highest BCUT2D eigenvalue weighted by atomic mass is 19.4. The molecule has 0 aliphatic carbocycles. The van der Waals surface area contributed by atoms with Crippen LogP contribution in [0.1, 0.15) is 11.3 Å². The number of fused-ring (bicyclic) bond motifs is 1. The second-order valence-electron chi connectivity index (χ2n) is 3.27. The number of hydrogen-bond donors (Lipinski definition) is 1. The van der Waals surface area contributed by atoms with Crippen LogP contribution in [0.5, 0.6) is 0 Å². The Kier molecular flexibility index (Phi) is 1.80. The van der Waals surface area contributed by atoms with E-state index in [2.05, 4.69) is 4.98 Å². The van der Waals surface area contributed by atoms with Gasteiger partial charge in [0.05, 0.1) is 0 Å². The van der Waals surface area contributed by atoms with Crippen LogP contribution in [0.4, 0.5) is 13.2 Å². The van der Waals surface area contributed by atoms with Crippen LogP contribution in [0.3, 0.4) is 0 Å². The van der Waals surface area contributed by atoms with E-state index in [4.69, 9.17) is 0 Å². The van der Waals surface area contributed by atoms with Gasteiger partial charge < -0.3 is 4.98 Å². The number of hydrogen-bond acceptors (Lipinski definition) is 0. The van der Waals surface area contributed by atoms with Gasteiger partial charge in [0.2, 0.25) is 0 Å². The normalized spacial score (nSPS) is 12.3. The third kappa shape index (κ3) is 1.47. The Morgan fingerprint density at radius 3 is 2.50 bits per heavy atom. The predicted octanol–water partition coefficient (Wildman–Crippen LogP) is 3.50. The number of aryl methyl sites for hydroxylation is 1. The number of alkyl halides is 3. The van der Waals surface area contributed by atoms with Gasteiger partial charge in [-0.3, -0.25) is 0 Å². The first-order valence-electron chi connectivity index (χ1n) is 4.13. The van der Waals surface area contributed by atoms with Crippen molar-refractivity contribution >= 4 is 10.9 Å². The van der Waals surface area contributed by atoms with E-state index in [0.717, 1.165) is 11.6 Å². The highest BCUT2D eigenvalue weighted by Gasteiger charge is 2.32. The summed E-state index contributed by atoms with van der Waals surface area (Å²) in [5.41, 5.74) is 0.767. The Hall–Kier alpha value is -1.45. The number of H-pyrrole nitrogens is 1. The summed E-state index contributed by atoms with van der Waals surface area (Å²) in [6, 6.07) is 6.28. The summed E-state index contributed by atoms with van der Waals surface area (Å²) >= 11 is 0. The van der Waals surface area contributed by atoms with E-state index >= 15 is 0 Å². The minimum Gasteiger partial charge on any atom is -0.351 e. The largest absolute Gasteiger partial charge is 0.431 e. The summed E-state index contributed by atoms with van der Waals surface area (Å²) < 4.78 is 36.9. The molecule has 1 aromatic carbocycles. The zero-order chi connectivity index (χ0) is 10.3. The number of rotatable bonds is 0. The van der Waals surface area contributed by atoms with Gasteiger partial charge in [0.1, 0.15) is 5.69 Å². The molecule has 0 amide bonds. The van der Waals surface area contributed by atoms with E-state index in [1.807, 2.05) is 6.92 Å². The van der Waals surface area contributed by atoms with Crippen molar-refractivity contribution in [3.63, 3.8) is 0 Å². The number of aromatic amines is 1. The molecule has 0 saturated carbocycles. The van der Waals surface area contributed by atoms with Gasteiger partial charge in [-0.05, 0) is 24.6 Å². The Morgan fingerprint density at radius 1 is 1.14 bits per heavy atom. The van der Waals surface area contributed by atoms with Gasteiger partial charge in [-0.2, -0.15) is 13.2 Å². The highest BCUT2D eigenvalue weighted by Crippen LogP contribution is 2.31. The molecule has 0 unspecified atom stereocenters. The lowest BCUT2D eigenvalue weighted by atomic mass is 10.2. The lowest BCUT2D eigenvalue weighted by molar-refractivity contribution is -0.140. The Balaban J connectivity index is 2.63. The van der Waals surface area contributed by atoms with Crippen LogP contribution < -0.4 is 0 Å². The molecule has 0 aliphatic rings. The SMILES string of the molecule is Cc1ccc2cc(C(F)(F)F)[nH]c2c1. The molecular weight excluding hydrogens is 191 g/mol. The molecular formula is C10H8F3N. The minimum absolute atomic E-state index is 0.525. The van der Waals surface area contributed by atoms with Crippen LogP contribution in [-0.2, 0) is 6.18 Å². The molecule has 0 aliphatic heterocycles. The van der Waals surface area contributed by atoms with Crippen LogP contribution in [0.15, 0.2) is 24.3 Å². The van der Waals surface area contributed by atoms with Crippen molar-refractivity contribution in [1.82, 2.24) is 4.98 Å². The van der Waals surface area contributed by atoms with Gasteiger partial charge >= 0.3 is 6.18 Å². The van der Waals surface area contributed by atoms with Crippen molar-refractivity contribution < 1.29 is 13.2 Å². The first-order valence-corrected chi connectivity index (χ1v) is 4.13. The maximum absolute atomic E-state index is 12.3. The number of nitrogens with one attached hydrogen (secondary N) is 1. The van der Waals surface area contributed by atoms with Gasteiger partial charge in [-0.25, -0.2) is 0 Å². The second-order valence-corrected chi connectivity index (χ2v) is 3.27. The topological polar surface area (TPSA) is 15.8 Å². The second kappa shape index (κ2) is 2.77. The van der Waals surface area contributed by atoms with Crippen molar-refractivity contribution in [2.75, 3.05) is 0 Å². The van der Waals surface area contributed by atoms with E-state index < -0.39 is 11.9 Å². The average Bonchev–Trinajstić information content (AvgIpc) is 2.45. The standard InChI is InChI=1S/C10H8F3N/c1-6-2-3-7-5-9(10(11,12)13)14-8(7)4-6/h2-5,14H,1H3. The molecule has 1 nitrogen and oxygen atoms in total. The fourth-order valence-electron chi connectivity index (χ4n) is 1.39. The Labute approximate surface area is 78.5 Å². The molecule has 74 valence electrons. The van der Waals surface area contributed by atoms with E-state index in [1.54, 1.807) is 18.2 Å². The zero-order valence-corrected chi connectivity index (χ0v) is 7.44. The first kappa shape index (κ1) is 9.12. The molecule has 2 aromatic rings. The summed E-state index contributed by atoms with van der Waals surface area (Å²) in [5.74, 6) is 0. The third-order valence-corrected chi connectivity index (χ3v) is 2.08. The zero-order valence-electron chi connectivity index (χ0n) is 7.44. The average molecular weight is 199 g/mol. The summed E-state index contributed by atoms with van der Waals surface area (Å²) in [4.78, 5) is 2.35. The van der Waals surface area contributed by atoms with Crippen LogP contribution in [0, 0.1) is 6.92 Å². The number of aromatic nitrogens is 1. The predicted molar refractivity (Wildman–Crippen MR) is 48.0 cm³/mol. The van der Waals surface area contributed by atoms with Gasteiger partial charge in [0, 0.05) is 10.9 Å². The monoisotopic (exact) mass is 199 g/mol. The molecule has 4 heteroatoms. The van der Waals surface area contributed by atoms with Crippen LogP contribution in [-0.4, -0.2) is 4.98 Å². The van der Waals surface area contributed by atoms with Crippen LogP contribution in [0.2, 0.25) is 0 Å². The van der Waals surface area contributed by atoms with Crippen molar-refractivity contribution in [3.8, 4) is 0 Å². The molecule has 14 heavy (non-hydrogen) atoms. The lowest BCUT2D eigenvalue weighted by Crippen LogP contribution is -2.04. The first-order chi connectivity index (χ1) is 6.47. The van der Waals surface area contributed by atoms with E-state index in [-0.39, 0.29) is 0 Å². The highest BCUT2D eigenvalue weighted by molar-refractivity contribution is 5.81. The molecule has 0 spiro atoms. The van der Waals surface area contributed by atoms with Gasteiger partial charge in [0.25, 0.3) is 0 Å². The smallest absolute Gasteiger partial charge is 0.351 e. The molecule has 1 aromatic heterocycles. The Bertz CT molecular complexity index is 468. The van der Waals surface area contributed by atoms with Crippen LogP contribution in [0.25, 0.3) is 10.9 Å². The van der Waals surface area contributed by atoms with Crippen molar-refractivity contribution in [2.45, 2.75) is 13.1 Å². The quantitative estimate of drug-likeness (QED) is 0.668. The van der Waals surface area contributed by atoms with Gasteiger partial charge in [-0.1, -0.05) is 12.1 Å². The molecule has 1 heterocycles. The van der Waals surface area contributed by atoms with E-state index in [0.29, 0.717) is 10.9 Å². The molecule has 2 rings (SSSR count). The maximum Gasteiger partial charge on any atom is 0.431 e. The van der Waals surface area contributed by atoms with E-state index in [9.17, 15) is 13.2 Å². The molecule has 0 radical (unpaired) electrons. The molecule has 0 bridgehead atoms. The fourth-order valence-corrected chi connectivity index (χ4v) is 1.39. The van der Waals surface area contributed by atoms with Crippen molar-refractivity contribution in [3.05, 3.63) is 35.5 Å². The number of halogens is 3. The van der Waals surface area contributed by atoms with Crippen molar-refractivity contribution in [2.24, 2.45) is 0 Å². The summed E-state index contributed by atoms with van der Waals surface area (Å²) in [7, 11) is 0. The molecule has 0 atom stereocenters. The van der Waals surface area contributed by atoms with E-state index in [1.165, 1.54) is 0 Å².